The zero-order valence-corrected chi connectivity index (χ0v) is 25.2. The average molecular weight is 458 g/mol. The summed E-state index contributed by atoms with van der Waals surface area (Å²) in [5.41, 5.74) is -0.472. The number of aliphatic hydroxyl groups is 3. The third kappa shape index (κ3) is 35.9. The van der Waals surface area contributed by atoms with Crippen molar-refractivity contribution in [3.8, 4) is 0 Å². The predicted molar refractivity (Wildman–Crippen MR) is 93.4 cm³/mol. The topological polar surface area (TPSA) is 181 Å². The first kappa shape index (κ1) is 48.1. The molecule has 0 saturated carbocycles. The van der Waals surface area contributed by atoms with Crippen LogP contribution in [0.5, 0.6) is 0 Å². The standard InChI is InChI=1S/C6H14O3.3C4H6O2.3Na/c1-2-6(3-7,4-8)5-9;3*1-3(2)4(5)6;;;/h7-9H,2-5H2,1H3;3*1H2,2H3,(H,5,6);;;/q;;;;3*+1/p-3. The zero-order chi connectivity index (χ0) is 22.8. The van der Waals surface area contributed by atoms with E-state index in [-0.39, 0.29) is 125 Å². The van der Waals surface area contributed by atoms with Crippen molar-refractivity contribution in [2.24, 2.45) is 5.41 Å². The van der Waals surface area contributed by atoms with Crippen LogP contribution in [0.2, 0.25) is 0 Å². The van der Waals surface area contributed by atoms with E-state index in [9.17, 15) is 29.7 Å². The van der Waals surface area contributed by atoms with Crippen LogP contribution in [0.4, 0.5) is 0 Å². The second-order valence-electron chi connectivity index (χ2n) is 5.53. The van der Waals surface area contributed by atoms with Gasteiger partial charge in [0.1, 0.15) is 0 Å². The van der Waals surface area contributed by atoms with Gasteiger partial charge in [0, 0.05) is 5.41 Å². The van der Waals surface area contributed by atoms with Crippen molar-refractivity contribution >= 4 is 17.9 Å². The minimum Gasteiger partial charge on any atom is -0.545 e. The van der Waals surface area contributed by atoms with Crippen molar-refractivity contribution in [3.63, 3.8) is 0 Å². The average Bonchev–Trinajstić information content (AvgIpc) is 2.58. The molecule has 158 valence electrons. The summed E-state index contributed by atoms with van der Waals surface area (Å²) in [6.45, 7) is 14.8. The Kier molecular flexibility index (Phi) is 47.3. The molecule has 0 bridgehead atoms. The molecule has 0 aliphatic rings. The van der Waals surface area contributed by atoms with Gasteiger partial charge < -0.3 is 45.0 Å². The molecule has 0 aromatic carbocycles. The fourth-order valence-electron chi connectivity index (χ4n) is 0.485. The van der Waals surface area contributed by atoms with Gasteiger partial charge in [-0.15, -0.1) is 0 Å². The first-order chi connectivity index (χ1) is 12.2. The minimum atomic E-state index is -1.19. The third-order valence-electron chi connectivity index (χ3n) is 2.80. The summed E-state index contributed by atoms with van der Waals surface area (Å²) >= 11 is 0. The number of aliphatic hydroxyl groups excluding tert-OH is 3. The molecule has 0 spiro atoms. The summed E-state index contributed by atoms with van der Waals surface area (Å²) in [4.78, 5) is 28.5. The van der Waals surface area contributed by atoms with Gasteiger partial charge >= 0.3 is 88.7 Å². The molecule has 0 rings (SSSR count). The van der Waals surface area contributed by atoms with Crippen LogP contribution < -0.4 is 104 Å². The monoisotopic (exact) mass is 458 g/mol. The Balaban J connectivity index is -0.0000000463. The van der Waals surface area contributed by atoms with Crippen molar-refractivity contribution in [2.75, 3.05) is 19.8 Å². The Morgan fingerprint density at radius 2 is 0.800 bits per heavy atom. The molecule has 0 aromatic rings. The van der Waals surface area contributed by atoms with E-state index in [1.165, 1.54) is 20.8 Å². The number of carbonyl (C=O) groups is 3. The number of rotatable bonds is 7. The summed E-state index contributed by atoms with van der Waals surface area (Å²) in [7, 11) is 0. The summed E-state index contributed by atoms with van der Waals surface area (Å²) in [6.07, 6.45) is 0.594. The van der Waals surface area contributed by atoms with Gasteiger partial charge in [-0.2, -0.15) is 0 Å². The van der Waals surface area contributed by atoms with Crippen LogP contribution in [0.1, 0.15) is 34.1 Å². The Bertz CT molecular complexity index is 406. The normalized spacial score (nSPS) is 8.10. The van der Waals surface area contributed by atoms with Gasteiger partial charge in [-0.3, -0.25) is 0 Å². The number of hydrogen-bond donors (Lipinski definition) is 3. The summed E-state index contributed by atoms with van der Waals surface area (Å²) in [5, 5.41) is 54.4. The van der Waals surface area contributed by atoms with E-state index in [1.54, 1.807) is 0 Å². The van der Waals surface area contributed by atoms with Crippen LogP contribution in [-0.4, -0.2) is 53.0 Å². The molecule has 0 radical (unpaired) electrons. The van der Waals surface area contributed by atoms with Crippen LogP contribution in [0.25, 0.3) is 0 Å². The van der Waals surface area contributed by atoms with Crippen molar-refractivity contribution in [2.45, 2.75) is 34.1 Å². The number of carboxylic acids is 3. The van der Waals surface area contributed by atoms with E-state index in [2.05, 4.69) is 19.7 Å². The predicted octanol–water partition coefficient (Wildman–Crippen LogP) is -11.7. The van der Waals surface area contributed by atoms with Crippen LogP contribution in [0, 0.1) is 5.41 Å². The smallest absolute Gasteiger partial charge is 0.545 e. The molecule has 0 heterocycles. The first-order valence-corrected chi connectivity index (χ1v) is 7.61. The number of hydrogen-bond acceptors (Lipinski definition) is 9. The maximum absolute atomic E-state index is 9.49. The molecule has 0 amide bonds. The maximum atomic E-state index is 9.49. The Morgan fingerprint density at radius 3 is 0.800 bits per heavy atom. The van der Waals surface area contributed by atoms with Crippen LogP contribution >= 0.6 is 0 Å². The van der Waals surface area contributed by atoms with Crippen LogP contribution in [0.15, 0.2) is 36.5 Å². The van der Waals surface area contributed by atoms with Gasteiger partial charge in [-0.25, -0.2) is 0 Å². The molecule has 0 atom stereocenters. The van der Waals surface area contributed by atoms with Crippen LogP contribution in [-0.2, 0) is 14.4 Å². The molecule has 12 heteroatoms. The molecule has 0 aromatic heterocycles. The molecule has 0 aliphatic carbocycles. The van der Waals surface area contributed by atoms with Gasteiger partial charge in [0.2, 0.25) is 0 Å². The summed E-state index contributed by atoms with van der Waals surface area (Å²) in [6, 6.07) is 0. The second-order valence-corrected chi connectivity index (χ2v) is 5.53. The van der Waals surface area contributed by atoms with Gasteiger partial charge in [-0.1, -0.05) is 26.7 Å². The molecule has 30 heavy (non-hydrogen) atoms. The molecule has 0 aliphatic heterocycles. The van der Waals surface area contributed by atoms with Crippen molar-refractivity contribution < 1.29 is 134 Å². The van der Waals surface area contributed by atoms with Crippen LogP contribution in [0.3, 0.4) is 0 Å². The molecule has 9 nitrogen and oxygen atoms in total. The molecule has 0 fully saturated rings. The second kappa shape index (κ2) is 29.5. The number of aliphatic carboxylic acids is 3. The molecule has 3 N–H and O–H groups in total. The van der Waals surface area contributed by atoms with Gasteiger partial charge in [0.25, 0.3) is 0 Å². The van der Waals surface area contributed by atoms with Crippen molar-refractivity contribution in [3.05, 3.63) is 36.5 Å². The molecular formula is C18H29Na3O9. The van der Waals surface area contributed by atoms with E-state index in [0.717, 1.165) is 0 Å². The Morgan fingerprint density at radius 1 is 0.667 bits per heavy atom. The Hall–Kier alpha value is 0.510. The van der Waals surface area contributed by atoms with E-state index in [0.29, 0.717) is 6.42 Å². The summed E-state index contributed by atoms with van der Waals surface area (Å²) in [5.74, 6) is -3.56. The van der Waals surface area contributed by atoms with Gasteiger partial charge in [-0.05, 0) is 43.9 Å². The SMILES string of the molecule is C=C(C)C(=O)[O-].C=C(C)C(=O)[O-].C=C(C)C(=O)[O-].CCC(CO)(CO)CO.[Na+].[Na+].[Na+]. The largest absolute Gasteiger partial charge is 1.00 e. The fourth-order valence-corrected chi connectivity index (χ4v) is 0.485. The zero-order valence-electron chi connectivity index (χ0n) is 19.2. The first-order valence-electron chi connectivity index (χ1n) is 7.61. The van der Waals surface area contributed by atoms with Crippen molar-refractivity contribution in [1.29, 1.82) is 0 Å². The fraction of sp³-hybridized carbons (Fsp3) is 0.500. The molecule has 0 saturated heterocycles. The van der Waals surface area contributed by atoms with Crippen molar-refractivity contribution in [1.82, 2.24) is 0 Å². The maximum Gasteiger partial charge on any atom is 1.00 e. The van der Waals surface area contributed by atoms with E-state index < -0.39 is 23.3 Å². The van der Waals surface area contributed by atoms with Gasteiger partial charge in [0.15, 0.2) is 0 Å². The minimum absolute atomic E-state index is 0. The van der Waals surface area contributed by atoms with E-state index in [4.69, 9.17) is 15.3 Å². The number of carbonyl (C=O) groups excluding carboxylic acids is 3. The third-order valence-corrected chi connectivity index (χ3v) is 2.80. The molecular weight excluding hydrogens is 429 g/mol. The quantitative estimate of drug-likeness (QED) is 0.246. The van der Waals surface area contributed by atoms with Gasteiger partial charge in [0.05, 0.1) is 37.7 Å². The van der Waals surface area contributed by atoms with E-state index in [1.807, 2.05) is 6.92 Å². The number of carboxylic acid groups (broad SMARTS) is 3. The van der Waals surface area contributed by atoms with E-state index >= 15 is 0 Å². The summed E-state index contributed by atoms with van der Waals surface area (Å²) < 4.78 is 0. The Labute approximate surface area is 244 Å². The molecule has 0 unspecified atom stereocenters.